The van der Waals surface area contributed by atoms with E-state index in [1.54, 1.807) is 6.07 Å². The third kappa shape index (κ3) is 7.20. The van der Waals surface area contributed by atoms with E-state index in [0.29, 0.717) is 23.9 Å². The van der Waals surface area contributed by atoms with E-state index >= 15 is 0 Å². The van der Waals surface area contributed by atoms with Gasteiger partial charge in [0, 0.05) is 18.8 Å². The molecule has 1 aromatic carbocycles. The summed E-state index contributed by atoms with van der Waals surface area (Å²) in [5, 5.41) is 18.2. The highest BCUT2D eigenvalue weighted by Gasteiger charge is 2.32. The highest BCUT2D eigenvalue weighted by molar-refractivity contribution is 5.83. The number of aromatic hydroxyl groups is 1. The minimum Gasteiger partial charge on any atom is -0.508 e. The standard InChI is InChI=1S/C23H32O4/c1-17-16-18(12-14-21(17)24)8-6-7-9-19-13-15-22(25)20(19)10-4-2-3-5-11-23(26)27/h7,9,12,14,16,19-20,24H,2-6,8,10-11,13,15H2,1H3,(H,26,27)/b9-7+/t19?,20-/m1/s1. The van der Waals surface area contributed by atoms with Crippen LogP contribution in [0.4, 0.5) is 0 Å². The summed E-state index contributed by atoms with van der Waals surface area (Å²) in [6.07, 6.45) is 12.8. The van der Waals surface area contributed by atoms with Crippen molar-refractivity contribution in [1.29, 1.82) is 0 Å². The third-order valence-electron chi connectivity index (χ3n) is 5.55. The van der Waals surface area contributed by atoms with Gasteiger partial charge in [-0.05, 0) is 62.1 Å². The summed E-state index contributed by atoms with van der Waals surface area (Å²) in [5.74, 6) is 0.511. The van der Waals surface area contributed by atoms with Crippen molar-refractivity contribution in [3.63, 3.8) is 0 Å². The lowest BCUT2D eigenvalue weighted by molar-refractivity contribution is -0.137. The molecule has 0 radical (unpaired) electrons. The van der Waals surface area contributed by atoms with E-state index < -0.39 is 5.97 Å². The lowest BCUT2D eigenvalue weighted by Gasteiger charge is -2.14. The number of phenols is 1. The van der Waals surface area contributed by atoms with Crippen LogP contribution in [-0.4, -0.2) is 22.0 Å². The molecule has 4 nitrogen and oxygen atoms in total. The Morgan fingerprint density at radius 2 is 2.00 bits per heavy atom. The van der Waals surface area contributed by atoms with Gasteiger partial charge in [-0.1, -0.05) is 43.5 Å². The van der Waals surface area contributed by atoms with E-state index in [4.69, 9.17) is 5.11 Å². The molecule has 1 aromatic rings. The zero-order valence-corrected chi connectivity index (χ0v) is 16.3. The van der Waals surface area contributed by atoms with Crippen molar-refractivity contribution in [1.82, 2.24) is 0 Å². The highest BCUT2D eigenvalue weighted by atomic mass is 16.4. The maximum absolute atomic E-state index is 12.2. The van der Waals surface area contributed by atoms with E-state index in [1.807, 2.05) is 19.1 Å². The van der Waals surface area contributed by atoms with Crippen molar-refractivity contribution in [3.05, 3.63) is 41.5 Å². The second-order valence-corrected chi connectivity index (χ2v) is 7.71. The van der Waals surface area contributed by atoms with Gasteiger partial charge in [0.2, 0.25) is 0 Å². The Kier molecular flexibility index (Phi) is 8.56. The van der Waals surface area contributed by atoms with Crippen molar-refractivity contribution < 1.29 is 19.8 Å². The van der Waals surface area contributed by atoms with Crippen molar-refractivity contribution in [3.8, 4) is 5.75 Å². The number of allylic oxidation sites excluding steroid dienone is 2. The quantitative estimate of drug-likeness (QED) is 0.413. The van der Waals surface area contributed by atoms with E-state index in [-0.39, 0.29) is 12.3 Å². The van der Waals surface area contributed by atoms with Gasteiger partial charge < -0.3 is 10.2 Å². The molecule has 27 heavy (non-hydrogen) atoms. The maximum atomic E-state index is 12.2. The normalized spacial score (nSPS) is 19.8. The predicted octanol–water partition coefficient (Wildman–Crippen LogP) is 5.21. The number of hydrogen-bond acceptors (Lipinski definition) is 3. The average Bonchev–Trinajstić information content (AvgIpc) is 2.97. The molecule has 1 fully saturated rings. The summed E-state index contributed by atoms with van der Waals surface area (Å²) < 4.78 is 0. The number of rotatable bonds is 11. The number of unbranched alkanes of at least 4 members (excludes halogenated alkanes) is 3. The molecule has 1 unspecified atom stereocenters. The zero-order valence-electron chi connectivity index (χ0n) is 16.3. The Bertz CT molecular complexity index is 662. The molecule has 148 valence electrons. The lowest BCUT2D eigenvalue weighted by Crippen LogP contribution is -2.13. The van der Waals surface area contributed by atoms with E-state index in [0.717, 1.165) is 56.9 Å². The summed E-state index contributed by atoms with van der Waals surface area (Å²) in [4.78, 5) is 22.7. The Hall–Kier alpha value is -2.10. The highest BCUT2D eigenvalue weighted by Crippen LogP contribution is 2.34. The Morgan fingerprint density at radius 1 is 1.22 bits per heavy atom. The van der Waals surface area contributed by atoms with Gasteiger partial charge in [-0.3, -0.25) is 9.59 Å². The molecule has 0 spiro atoms. The molecule has 0 aromatic heterocycles. The van der Waals surface area contributed by atoms with Crippen LogP contribution >= 0.6 is 0 Å². The second kappa shape index (κ2) is 10.9. The molecule has 2 rings (SSSR count). The first-order valence-electron chi connectivity index (χ1n) is 10.2. The minimum atomic E-state index is -0.728. The number of benzene rings is 1. The third-order valence-corrected chi connectivity index (χ3v) is 5.55. The van der Waals surface area contributed by atoms with Crippen LogP contribution < -0.4 is 0 Å². The van der Waals surface area contributed by atoms with Crippen molar-refractivity contribution in [2.24, 2.45) is 11.8 Å². The van der Waals surface area contributed by atoms with Crippen LogP contribution in [0.2, 0.25) is 0 Å². The van der Waals surface area contributed by atoms with Gasteiger partial charge in [0.25, 0.3) is 0 Å². The molecule has 2 atom stereocenters. The number of carboxylic acids is 1. The number of ketones is 1. The lowest BCUT2D eigenvalue weighted by atomic mass is 9.89. The average molecular weight is 373 g/mol. The topological polar surface area (TPSA) is 74.6 Å². The van der Waals surface area contributed by atoms with Gasteiger partial charge in [-0.25, -0.2) is 0 Å². The fourth-order valence-corrected chi connectivity index (χ4v) is 3.93. The smallest absolute Gasteiger partial charge is 0.303 e. The van der Waals surface area contributed by atoms with Gasteiger partial charge in [-0.2, -0.15) is 0 Å². The number of carbonyl (C=O) groups excluding carboxylic acids is 1. The first-order chi connectivity index (χ1) is 13.0. The first kappa shape index (κ1) is 21.2. The maximum Gasteiger partial charge on any atom is 0.303 e. The number of hydrogen-bond donors (Lipinski definition) is 2. The molecule has 0 bridgehead atoms. The molecular weight excluding hydrogens is 340 g/mol. The monoisotopic (exact) mass is 372 g/mol. The summed E-state index contributed by atoms with van der Waals surface area (Å²) in [5.41, 5.74) is 2.12. The molecular formula is C23H32O4. The largest absolute Gasteiger partial charge is 0.508 e. The van der Waals surface area contributed by atoms with Crippen LogP contribution in [0.5, 0.6) is 5.75 Å². The van der Waals surface area contributed by atoms with Crippen LogP contribution in [0.3, 0.4) is 0 Å². The van der Waals surface area contributed by atoms with Gasteiger partial charge in [0.05, 0.1) is 0 Å². The number of aryl methyl sites for hydroxylation is 2. The second-order valence-electron chi connectivity index (χ2n) is 7.71. The summed E-state index contributed by atoms with van der Waals surface area (Å²) in [6.45, 7) is 1.91. The Balaban J connectivity index is 1.71. The molecule has 1 aliphatic carbocycles. The number of aliphatic carboxylic acids is 1. The van der Waals surface area contributed by atoms with Crippen LogP contribution in [-0.2, 0) is 16.0 Å². The van der Waals surface area contributed by atoms with Gasteiger partial charge in [-0.15, -0.1) is 0 Å². The van der Waals surface area contributed by atoms with Gasteiger partial charge >= 0.3 is 5.97 Å². The molecule has 1 saturated carbocycles. The molecule has 0 amide bonds. The van der Waals surface area contributed by atoms with E-state index in [9.17, 15) is 14.7 Å². The van der Waals surface area contributed by atoms with Crippen LogP contribution in [0.15, 0.2) is 30.4 Å². The molecule has 0 saturated heterocycles. The van der Waals surface area contributed by atoms with Crippen LogP contribution in [0, 0.1) is 18.8 Å². The molecule has 0 aliphatic heterocycles. The van der Waals surface area contributed by atoms with Crippen molar-refractivity contribution in [2.45, 2.75) is 71.1 Å². The summed E-state index contributed by atoms with van der Waals surface area (Å²) in [7, 11) is 0. The number of Topliss-reactive ketones (excluding diaryl/α,β-unsaturated/α-hetero) is 1. The van der Waals surface area contributed by atoms with Gasteiger partial charge in [0.15, 0.2) is 0 Å². The molecule has 0 heterocycles. The Morgan fingerprint density at radius 3 is 2.74 bits per heavy atom. The zero-order chi connectivity index (χ0) is 19.6. The molecule has 4 heteroatoms. The number of phenolic OH excluding ortho intramolecular Hbond substituents is 1. The van der Waals surface area contributed by atoms with E-state index in [2.05, 4.69) is 12.2 Å². The summed E-state index contributed by atoms with van der Waals surface area (Å²) in [6, 6.07) is 5.73. The fraction of sp³-hybridized carbons (Fsp3) is 0.565. The SMILES string of the molecule is Cc1cc(CC/C=C/C2CCC(=O)[C@@H]2CCCCCCC(=O)O)ccc1O. The molecule has 2 N–H and O–H groups in total. The minimum absolute atomic E-state index is 0.150. The first-order valence-corrected chi connectivity index (χ1v) is 10.2. The van der Waals surface area contributed by atoms with Crippen LogP contribution in [0.25, 0.3) is 0 Å². The number of carbonyl (C=O) groups is 2. The predicted molar refractivity (Wildman–Crippen MR) is 107 cm³/mol. The Labute approximate surface area is 162 Å². The molecule has 1 aliphatic rings. The summed E-state index contributed by atoms with van der Waals surface area (Å²) >= 11 is 0. The fourth-order valence-electron chi connectivity index (χ4n) is 3.93. The number of carboxylic acid groups (broad SMARTS) is 1. The van der Waals surface area contributed by atoms with Crippen molar-refractivity contribution in [2.75, 3.05) is 0 Å². The van der Waals surface area contributed by atoms with E-state index in [1.165, 1.54) is 5.56 Å². The van der Waals surface area contributed by atoms with Crippen molar-refractivity contribution >= 4 is 11.8 Å². The van der Waals surface area contributed by atoms with Crippen LogP contribution in [0.1, 0.15) is 68.9 Å². The van der Waals surface area contributed by atoms with Gasteiger partial charge in [0.1, 0.15) is 11.5 Å².